The van der Waals surface area contributed by atoms with Crippen LogP contribution in [0, 0.1) is 0 Å². The van der Waals surface area contributed by atoms with Crippen LogP contribution in [0.4, 0.5) is 0 Å². The number of hydrogen-bond donors (Lipinski definition) is 0. The molecule has 0 bridgehead atoms. The summed E-state index contributed by atoms with van der Waals surface area (Å²) in [6.07, 6.45) is 4.30. The summed E-state index contributed by atoms with van der Waals surface area (Å²) in [6, 6.07) is 0. The largest absolute Gasteiger partial charge is 0.304 e. The molecule has 1 rings (SSSR count). The van der Waals surface area contributed by atoms with Gasteiger partial charge in [0, 0.05) is 0 Å². The Labute approximate surface area is 59.1 Å². The normalized spacial score (nSPS) is 21.0. The van der Waals surface area contributed by atoms with E-state index in [4.69, 9.17) is 0 Å². The van der Waals surface area contributed by atoms with E-state index in [0.29, 0.717) is 0 Å². The number of likely N-dealkylation sites (tertiary alicyclic amines) is 1. The topological polar surface area (TPSA) is 3.24 Å². The van der Waals surface area contributed by atoms with E-state index in [2.05, 4.69) is 11.8 Å². The van der Waals surface area contributed by atoms with E-state index < -0.39 is 0 Å². The van der Waals surface area contributed by atoms with E-state index in [1.807, 2.05) is 0 Å². The van der Waals surface area contributed by atoms with Gasteiger partial charge in [-0.3, -0.25) is 0 Å². The molecule has 1 fully saturated rings. The minimum Gasteiger partial charge on any atom is -0.304 e. The standard InChI is InChI=1S/C7H15N.CH4/c1-2-8-6-4-3-5-7-8;/h2-7H2,1H3;1H4. The van der Waals surface area contributed by atoms with Crippen molar-refractivity contribution < 1.29 is 0 Å². The van der Waals surface area contributed by atoms with E-state index in [0.717, 1.165) is 0 Å². The second-order valence-electron chi connectivity index (χ2n) is 2.49. The molecule has 0 radical (unpaired) electrons. The predicted octanol–water partition coefficient (Wildman–Crippen LogP) is 2.13. The molecule has 1 saturated heterocycles. The van der Waals surface area contributed by atoms with Gasteiger partial charge < -0.3 is 4.90 Å². The maximum Gasteiger partial charge on any atom is -0.00188 e. The van der Waals surface area contributed by atoms with Crippen LogP contribution in [-0.2, 0) is 0 Å². The van der Waals surface area contributed by atoms with Crippen molar-refractivity contribution >= 4 is 0 Å². The second-order valence-corrected chi connectivity index (χ2v) is 2.49. The van der Waals surface area contributed by atoms with Gasteiger partial charge in [0.2, 0.25) is 0 Å². The first-order valence-corrected chi connectivity index (χ1v) is 3.66. The molecule has 0 aromatic rings. The number of nitrogens with zero attached hydrogens (tertiary/aromatic N) is 1. The molecule has 56 valence electrons. The van der Waals surface area contributed by atoms with Gasteiger partial charge in [-0.1, -0.05) is 20.8 Å². The molecule has 0 amide bonds. The van der Waals surface area contributed by atoms with Gasteiger partial charge in [-0.05, 0) is 32.5 Å². The molecule has 0 N–H and O–H groups in total. The fourth-order valence-electron chi connectivity index (χ4n) is 1.28. The number of rotatable bonds is 1. The van der Waals surface area contributed by atoms with Gasteiger partial charge in [-0.2, -0.15) is 0 Å². The highest BCUT2D eigenvalue weighted by molar-refractivity contribution is 4.61. The molecule has 1 aliphatic rings. The van der Waals surface area contributed by atoms with Gasteiger partial charge in [-0.25, -0.2) is 0 Å². The van der Waals surface area contributed by atoms with Gasteiger partial charge in [0.05, 0.1) is 0 Å². The Morgan fingerprint density at radius 2 is 1.67 bits per heavy atom. The predicted molar refractivity (Wildman–Crippen MR) is 42.7 cm³/mol. The minimum absolute atomic E-state index is 0. The summed E-state index contributed by atoms with van der Waals surface area (Å²) in [5.74, 6) is 0. The Morgan fingerprint density at radius 1 is 1.11 bits per heavy atom. The minimum atomic E-state index is 0. The lowest BCUT2D eigenvalue weighted by Crippen LogP contribution is -2.29. The highest BCUT2D eigenvalue weighted by Crippen LogP contribution is 2.06. The van der Waals surface area contributed by atoms with Crippen molar-refractivity contribution in [2.45, 2.75) is 33.6 Å². The van der Waals surface area contributed by atoms with Crippen LogP contribution in [0.1, 0.15) is 33.6 Å². The molecule has 0 aliphatic carbocycles. The van der Waals surface area contributed by atoms with Gasteiger partial charge in [0.1, 0.15) is 0 Å². The molecule has 0 atom stereocenters. The van der Waals surface area contributed by atoms with Crippen LogP contribution >= 0.6 is 0 Å². The highest BCUT2D eigenvalue weighted by Gasteiger charge is 2.05. The maximum absolute atomic E-state index is 2.52. The molecule has 0 spiro atoms. The van der Waals surface area contributed by atoms with Crippen LogP contribution in [0.2, 0.25) is 0 Å². The van der Waals surface area contributed by atoms with Crippen LogP contribution in [0.5, 0.6) is 0 Å². The zero-order chi connectivity index (χ0) is 5.82. The molecule has 9 heavy (non-hydrogen) atoms. The summed E-state index contributed by atoms with van der Waals surface area (Å²) in [7, 11) is 0. The van der Waals surface area contributed by atoms with Crippen molar-refractivity contribution in [3.63, 3.8) is 0 Å². The van der Waals surface area contributed by atoms with E-state index >= 15 is 0 Å². The molecule has 0 unspecified atom stereocenters. The Balaban J connectivity index is 0.000000640. The van der Waals surface area contributed by atoms with Crippen molar-refractivity contribution in [3.8, 4) is 0 Å². The molecule has 1 heterocycles. The lowest BCUT2D eigenvalue weighted by atomic mass is 10.1. The average Bonchev–Trinajstić information content (AvgIpc) is 1.90. The molecule has 0 aromatic carbocycles. The van der Waals surface area contributed by atoms with Crippen LogP contribution in [-0.4, -0.2) is 24.5 Å². The fraction of sp³-hybridized carbons (Fsp3) is 1.00. The highest BCUT2D eigenvalue weighted by atomic mass is 15.1. The van der Waals surface area contributed by atoms with Gasteiger partial charge in [0.15, 0.2) is 0 Å². The summed E-state index contributed by atoms with van der Waals surface area (Å²) in [5, 5.41) is 0. The zero-order valence-electron chi connectivity index (χ0n) is 5.69. The first-order valence-electron chi connectivity index (χ1n) is 3.66. The number of hydrogen-bond acceptors (Lipinski definition) is 1. The Bertz CT molecular complexity index is 55.6. The number of piperidine rings is 1. The lowest BCUT2D eigenvalue weighted by Gasteiger charge is -2.24. The van der Waals surface area contributed by atoms with Crippen molar-refractivity contribution in [3.05, 3.63) is 0 Å². The van der Waals surface area contributed by atoms with Crippen LogP contribution < -0.4 is 0 Å². The van der Waals surface area contributed by atoms with E-state index in [9.17, 15) is 0 Å². The maximum atomic E-state index is 2.52. The molecular weight excluding hydrogens is 110 g/mol. The monoisotopic (exact) mass is 129 g/mol. The first kappa shape index (κ1) is 8.96. The van der Waals surface area contributed by atoms with Crippen molar-refractivity contribution in [1.82, 2.24) is 4.90 Å². The summed E-state index contributed by atoms with van der Waals surface area (Å²) in [5.41, 5.74) is 0. The van der Waals surface area contributed by atoms with Gasteiger partial charge in [0.25, 0.3) is 0 Å². The average molecular weight is 129 g/mol. The summed E-state index contributed by atoms with van der Waals surface area (Å²) in [6.45, 7) is 6.18. The third-order valence-corrected chi connectivity index (χ3v) is 1.90. The summed E-state index contributed by atoms with van der Waals surface area (Å²) < 4.78 is 0. The molecular formula is C8H19N. The van der Waals surface area contributed by atoms with E-state index in [1.165, 1.54) is 38.9 Å². The second kappa shape index (κ2) is 4.80. The lowest BCUT2D eigenvalue weighted by molar-refractivity contribution is 0.240. The first-order chi connectivity index (χ1) is 3.93. The summed E-state index contributed by atoms with van der Waals surface area (Å²) in [4.78, 5) is 2.52. The zero-order valence-corrected chi connectivity index (χ0v) is 5.69. The van der Waals surface area contributed by atoms with Gasteiger partial charge in [-0.15, -0.1) is 0 Å². The van der Waals surface area contributed by atoms with Crippen LogP contribution in [0.25, 0.3) is 0 Å². The molecule has 0 aromatic heterocycles. The SMILES string of the molecule is C.CCN1CCCCC1. The third kappa shape index (κ3) is 2.85. The smallest absolute Gasteiger partial charge is 0.00188 e. The molecule has 0 saturated carbocycles. The quantitative estimate of drug-likeness (QED) is 0.524. The summed E-state index contributed by atoms with van der Waals surface area (Å²) >= 11 is 0. The van der Waals surface area contributed by atoms with Crippen molar-refractivity contribution in [1.29, 1.82) is 0 Å². The van der Waals surface area contributed by atoms with E-state index in [1.54, 1.807) is 0 Å². The van der Waals surface area contributed by atoms with Crippen LogP contribution in [0.3, 0.4) is 0 Å². The van der Waals surface area contributed by atoms with Crippen molar-refractivity contribution in [2.75, 3.05) is 19.6 Å². The molecule has 1 heteroatoms. The van der Waals surface area contributed by atoms with Crippen molar-refractivity contribution in [2.24, 2.45) is 0 Å². The Morgan fingerprint density at radius 3 is 2.00 bits per heavy atom. The molecule has 1 nitrogen and oxygen atoms in total. The fourth-order valence-corrected chi connectivity index (χ4v) is 1.28. The van der Waals surface area contributed by atoms with Crippen LogP contribution in [0.15, 0.2) is 0 Å². The Kier molecular flexibility index (Phi) is 4.78. The third-order valence-electron chi connectivity index (χ3n) is 1.90. The molecule has 1 aliphatic heterocycles. The van der Waals surface area contributed by atoms with E-state index in [-0.39, 0.29) is 7.43 Å². The Hall–Kier alpha value is -0.0400. The van der Waals surface area contributed by atoms with Gasteiger partial charge >= 0.3 is 0 Å².